The van der Waals surface area contributed by atoms with Crippen LogP contribution in [0.3, 0.4) is 0 Å². The maximum Gasteiger partial charge on any atom is 0.0705 e. The van der Waals surface area contributed by atoms with Crippen molar-refractivity contribution in [1.29, 1.82) is 0 Å². The third-order valence-electron chi connectivity index (χ3n) is 7.86. The highest BCUT2D eigenvalue weighted by molar-refractivity contribution is 6.12. The van der Waals surface area contributed by atoms with E-state index in [4.69, 9.17) is 4.98 Å². The van der Waals surface area contributed by atoms with Crippen LogP contribution in [0.5, 0.6) is 0 Å². The summed E-state index contributed by atoms with van der Waals surface area (Å²) >= 11 is 0. The molecule has 38 heavy (non-hydrogen) atoms. The lowest BCUT2D eigenvalue weighted by Crippen LogP contribution is -2.25. The zero-order valence-corrected chi connectivity index (χ0v) is 22.9. The molecule has 6 aromatic rings. The summed E-state index contributed by atoms with van der Waals surface area (Å²) < 4.78 is 0. The Hall–Kier alpha value is -4.04. The van der Waals surface area contributed by atoms with Crippen molar-refractivity contribution in [3.05, 3.63) is 120 Å². The fourth-order valence-electron chi connectivity index (χ4n) is 6.25. The van der Waals surface area contributed by atoms with Gasteiger partial charge in [0.15, 0.2) is 0 Å². The molecule has 0 saturated carbocycles. The van der Waals surface area contributed by atoms with Gasteiger partial charge in [-0.1, -0.05) is 107 Å². The number of para-hydroxylation sites is 1. The number of hydrogen-bond acceptors (Lipinski definition) is 2. The molecule has 0 atom stereocenters. The number of rotatable bonds is 4. The van der Waals surface area contributed by atoms with Crippen LogP contribution in [0.4, 0.5) is 0 Å². The van der Waals surface area contributed by atoms with Gasteiger partial charge in [-0.15, -0.1) is 0 Å². The Morgan fingerprint density at radius 2 is 1.34 bits per heavy atom. The van der Waals surface area contributed by atoms with Crippen LogP contribution < -0.4 is 0 Å². The lowest BCUT2D eigenvalue weighted by atomic mass is 9.73. The zero-order valence-electron chi connectivity index (χ0n) is 22.9. The van der Waals surface area contributed by atoms with Crippen LogP contribution in [0.15, 0.2) is 104 Å². The van der Waals surface area contributed by atoms with Crippen LogP contribution >= 0.6 is 0 Å². The van der Waals surface area contributed by atoms with Crippen molar-refractivity contribution in [2.45, 2.75) is 51.9 Å². The van der Waals surface area contributed by atoms with Crippen LogP contribution in [-0.2, 0) is 17.3 Å². The molecule has 6 rings (SSSR count). The van der Waals surface area contributed by atoms with Gasteiger partial charge in [-0.05, 0) is 73.2 Å². The molecule has 0 saturated heterocycles. The first-order chi connectivity index (χ1) is 18.2. The summed E-state index contributed by atoms with van der Waals surface area (Å²) in [4.78, 5) is 9.47. The van der Waals surface area contributed by atoms with Crippen molar-refractivity contribution in [1.82, 2.24) is 9.97 Å². The second kappa shape index (κ2) is 9.06. The van der Waals surface area contributed by atoms with Crippen LogP contribution in [0.25, 0.3) is 43.6 Å². The first-order valence-corrected chi connectivity index (χ1v) is 13.5. The molecule has 0 spiro atoms. The van der Waals surface area contributed by atoms with E-state index in [2.05, 4.69) is 131 Å². The van der Waals surface area contributed by atoms with E-state index in [0.717, 1.165) is 11.9 Å². The van der Waals surface area contributed by atoms with Gasteiger partial charge in [0.25, 0.3) is 0 Å². The number of fused-ring (bicyclic) bond motifs is 4. The standard InChI is InChI=1S/C36H34N2/c1-35(2,3)34-25(22-38-33-16-9-8-13-30(33)34)21-36(4,5)32-19-20-37-23-31(32)28-15-10-14-27-26-12-7-6-11-24(26)17-18-29(27)28/h6-20,22-23H,21H2,1-5H3. The fourth-order valence-corrected chi connectivity index (χ4v) is 6.25. The lowest BCUT2D eigenvalue weighted by molar-refractivity contribution is 0.508. The molecule has 0 aliphatic rings. The van der Waals surface area contributed by atoms with Gasteiger partial charge in [-0.2, -0.15) is 0 Å². The molecule has 0 aliphatic carbocycles. The minimum Gasteiger partial charge on any atom is -0.264 e. The first kappa shape index (κ1) is 24.3. The van der Waals surface area contributed by atoms with Crippen LogP contribution in [0.2, 0.25) is 0 Å². The van der Waals surface area contributed by atoms with Crippen LogP contribution in [-0.4, -0.2) is 9.97 Å². The predicted molar refractivity (Wildman–Crippen MR) is 162 cm³/mol. The van der Waals surface area contributed by atoms with Gasteiger partial charge >= 0.3 is 0 Å². The summed E-state index contributed by atoms with van der Waals surface area (Å²) in [5.74, 6) is 0. The highest BCUT2D eigenvalue weighted by Gasteiger charge is 2.29. The highest BCUT2D eigenvalue weighted by Crippen LogP contribution is 2.41. The van der Waals surface area contributed by atoms with E-state index in [9.17, 15) is 0 Å². The Bertz CT molecular complexity index is 1800. The molecule has 2 heteroatoms. The molecule has 0 fully saturated rings. The Morgan fingerprint density at radius 1 is 0.605 bits per heavy atom. The number of aromatic nitrogens is 2. The summed E-state index contributed by atoms with van der Waals surface area (Å²) in [5.41, 5.74) is 7.37. The van der Waals surface area contributed by atoms with E-state index < -0.39 is 0 Å². The minimum absolute atomic E-state index is 0.00567. The van der Waals surface area contributed by atoms with Gasteiger partial charge in [0.2, 0.25) is 0 Å². The summed E-state index contributed by atoms with van der Waals surface area (Å²) in [7, 11) is 0. The molecule has 2 nitrogen and oxygen atoms in total. The highest BCUT2D eigenvalue weighted by atomic mass is 14.7. The van der Waals surface area contributed by atoms with Crippen molar-refractivity contribution in [3.8, 4) is 11.1 Å². The Kier molecular flexibility index (Phi) is 5.79. The van der Waals surface area contributed by atoms with Crippen molar-refractivity contribution in [2.75, 3.05) is 0 Å². The zero-order chi connectivity index (χ0) is 26.5. The van der Waals surface area contributed by atoms with E-state index in [-0.39, 0.29) is 10.8 Å². The fraction of sp³-hybridized carbons (Fsp3) is 0.222. The number of hydrogen-bond donors (Lipinski definition) is 0. The van der Waals surface area contributed by atoms with E-state index in [1.165, 1.54) is 54.7 Å². The van der Waals surface area contributed by atoms with Crippen LogP contribution in [0, 0.1) is 0 Å². The van der Waals surface area contributed by atoms with Crippen molar-refractivity contribution >= 4 is 32.4 Å². The summed E-state index contributed by atoms with van der Waals surface area (Å²) in [6.45, 7) is 11.6. The summed E-state index contributed by atoms with van der Waals surface area (Å²) in [6.07, 6.45) is 6.98. The lowest BCUT2D eigenvalue weighted by Gasteiger charge is -2.32. The minimum atomic E-state index is -0.137. The third kappa shape index (κ3) is 4.15. The maximum atomic E-state index is 4.87. The molecule has 0 aliphatic heterocycles. The number of benzene rings is 4. The largest absolute Gasteiger partial charge is 0.264 e. The van der Waals surface area contributed by atoms with Crippen molar-refractivity contribution < 1.29 is 0 Å². The molecule has 0 N–H and O–H groups in total. The SMILES string of the molecule is CC(C)(C)c1c(CC(C)(C)c2ccncc2-c2cccc3c2ccc2ccccc23)cnc2ccccc12. The topological polar surface area (TPSA) is 25.8 Å². The van der Waals surface area contributed by atoms with E-state index in [1.807, 2.05) is 12.4 Å². The maximum absolute atomic E-state index is 4.87. The molecule has 188 valence electrons. The average Bonchev–Trinajstić information content (AvgIpc) is 2.91. The van der Waals surface area contributed by atoms with Gasteiger partial charge < -0.3 is 0 Å². The van der Waals surface area contributed by atoms with Gasteiger partial charge in [0.05, 0.1) is 5.52 Å². The number of nitrogens with zero attached hydrogens (tertiary/aromatic N) is 2. The molecule has 2 heterocycles. The normalized spacial score (nSPS) is 12.4. The summed E-state index contributed by atoms with van der Waals surface area (Å²) in [5, 5.41) is 6.35. The number of pyridine rings is 2. The first-order valence-electron chi connectivity index (χ1n) is 13.5. The van der Waals surface area contributed by atoms with Gasteiger partial charge in [-0.25, -0.2) is 0 Å². The predicted octanol–water partition coefficient (Wildman–Crippen LogP) is 9.42. The second-order valence-corrected chi connectivity index (χ2v) is 12.1. The summed E-state index contributed by atoms with van der Waals surface area (Å²) in [6, 6.07) is 30.5. The van der Waals surface area contributed by atoms with Gasteiger partial charge in [0, 0.05) is 29.5 Å². The van der Waals surface area contributed by atoms with E-state index in [1.54, 1.807) is 0 Å². The second-order valence-electron chi connectivity index (χ2n) is 12.1. The quantitative estimate of drug-likeness (QED) is 0.228. The molecular weight excluding hydrogens is 460 g/mol. The smallest absolute Gasteiger partial charge is 0.0705 e. The molecule has 0 amide bonds. The molecule has 4 aromatic carbocycles. The van der Waals surface area contributed by atoms with E-state index in [0.29, 0.717) is 0 Å². The Balaban J connectivity index is 1.51. The van der Waals surface area contributed by atoms with Crippen molar-refractivity contribution in [3.63, 3.8) is 0 Å². The van der Waals surface area contributed by atoms with E-state index >= 15 is 0 Å². The molecule has 0 radical (unpaired) electrons. The molecule has 0 unspecified atom stereocenters. The molecule has 2 aromatic heterocycles. The monoisotopic (exact) mass is 494 g/mol. The van der Waals surface area contributed by atoms with Gasteiger partial charge in [0.1, 0.15) is 0 Å². The average molecular weight is 495 g/mol. The van der Waals surface area contributed by atoms with Crippen LogP contribution in [0.1, 0.15) is 51.3 Å². The molecule has 0 bridgehead atoms. The Morgan fingerprint density at radius 3 is 2.16 bits per heavy atom. The third-order valence-corrected chi connectivity index (χ3v) is 7.86. The molecular formula is C36H34N2. The van der Waals surface area contributed by atoms with Crippen molar-refractivity contribution in [2.24, 2.45) is 0 Å². The van der Waals surface area contributed by atoms with Gasteiger partial charge in [-0.3, -0.25) is 9.97 Å². The Labute approximate surface area is 225 Å².